The second-order valence-electron chi connectivity index (χ2n) is 22.4. The number of carbonyl (C=O) groups excluding carboxylic acids is 8. The fourth-order valence-electron chi connectivity index (χ4n) is 10.4. The highest BCUT2D eigenvalue weighted by Crippen LogP contribution is 2.29. The van der Waals surface area contributed by atoms with E-state index in [1.54, 1.807) is 12.3 Å². The highest BCUT2D eigenvalue weighted by atomic mass is 16.5. The molecule has 5 unspecified atom stereocenters. The van der Waals surface area contributed by atoms with Gasteiger partial charge >= 0.3 is 5.97 Å². The first kappa shape index (κ1) is 73.9. The lowest BCUT2D eigenvalue weighted by Crippen LogP contribution is -2.44. The number of aliphatic carboxylic acids is 1. The number of carboxylic acid groups (broad SMARTS) is 1. The molecule has 0 spiro atoms. The van der Waals surface area contributed by atoms with Crippen molar-refractivity contribution in [2.75, 3.05) is 75.9 Å². The molecule has 0 aliphatic rings. The molecular weight excluding hydrogens is 1220 g/mol. The van der Waals surface area contributed by atoms with Gasteiger partial charge < -0.3 is 100 Å². The Bertz CT molecular complexity index is 3640. The quantitative estimate of drug-likeness (QED) is 0.0234. The molecule has 6 aromatic rings. The van der Waals surface area contributed by atoms with Gasteiger partial charge in [-0.25, -0.2) is 4.79 Å². The van der Waals surface area contributed by atoms with Crippen molar-refractivity contribution in [2.24, 2.45) is 28.7 Å². The average molecular weight is 1310 g/mol. The van der Waals surface area contributed by atoms with Crippen molar-refractivity contribution in [3.8, 4) is 23.0 Å². The number of unbranched alkanes of at least 4 members (excludes halogenated alkanes) is 4. The summed E-state index contributed by atoms with van der Waals surface area (Å²) in [6.07, 6.45) is 6.59. The topological polar surface area (TPSA) is 453 Å². The fourth-order valence-corrected chi connectivity index (χ4v) is 10.4. The predicted molar refractivity (Wildman–Crippen MR) is 361 cm³/mol. The predicted octanol–water partition coefficient (Wildman–Crippen LogP) is 4.62. The van der Waals surface area contributed by atoms with E-state index in [0.29, 0.717) is 83.0 Å². The number of methoxy groups -OCH3 is 4. The number of para-hydroxylation sites is 1. The van der Waals surface area contributed by atoms with Gasteiger partial charge in [-0.05, 0) is 181 Å². The van der Waals surface area contributed by atoms with Crippen LogP contribution in [0.3, 0.4) is 0 Å². The van der Waals surface area contributed by atoms with Crippen molar-refractivity contribution in [3.63, 3.8) is 0 Å². The number of amides is 8. The molecular formula is C67H88N14O14. The molecule has 1 aromatic heterocycles. The smallest absolute Gasteiger partial charge is 0.326 e. The number of anilines is 4. The first-order chi connectivity index (χ1) is 45.8. The van der Waals surface area contributed by atoms with E-state index in [0.717, 1.165) is 10.9 Å². The Balaban J connectivity index is 1.16. The van der Waals surface area contributed by atoms with Gasteiger partial charge in [0.15, 0.2) is 0 Å². The minimum atomic E-state index is -1.34. The normalized spacial score (nSPS) is 12.6. The molecule has 0 saturated carbocycles. The number of aromatic amines is 1. The Kier molecular flexibility index (Phi) is 29.2. The fraction of sp³-hybridized carbons (Fsp3) is 0.388. The number of carbonyl (C=O) groups is 9. The maximum Gasteiger partial charge on any atom is 0.326 e. The summed E-state index contributed by atoms with van der Waals surface area (Å²) in [5.74, 6) is -6.32. The maximum atomic E-state index is 14.4. The molecule has 6 rings (SSSR count). The molecule has 0 aliphatic heterocycles. The summed E-state index contributed by atoms with van der Waals surface area (Å²) >= 11 is 0. The number of nitrogens with two attached hydrogens (primary N) is 5. The van der Waals surface area contributed by atoms with Crippen molar-refractivity contribution in [1.29, 1.82) is 0 Å². The van der Waals surface area contributed by atoms with Gasteiger partial charge in [-0.3, -0.25) is 38.4 Å². The van der Waals surface area contributed by atoms with Crippen molar-refractivity contribution in [1.82, 2.24) is 26.3 Å². The average Bonchev–Trinajstić information content (AvgIpc) is 1.78. The largest absolute Gasteiger partial charge is 0.496 e. The minimum absolute atomic E-state index is 0.0220. The van der Waals surface area contributed by atoms with Crippen molar-refractivity contribution in [3.05, 3.63) is 131 Å². The number of ether oxygens (including phenoxy) is 4. The Morgan fingerprint density at radius 2 is 0.737 bits per heavy atom. The summed E-state index contributed by atoms with van der Waals surface area (Å²) in [5, 5.41) is 32.9. The zero-order valence-corrected chi connectivity index (χ0v) is 53.9. The molecule has 0 radical (unpaired) electrons. The molecule has 28 nitrogen and oxygen atoms in total. The Labute approximate surface area is 550 Å². The van der Waals surface area contributed by atoms with Crippen LogP contribution in [-0.2, 0) is 30.4 Å². The van der Waals surface area contributed by atoms with E-state index >= 15 is 0 Å². The van der Waals surface area contributed by atoms with Gasteiger partial charge in [0.05, 0.1) is 56.7 Å². The monoisotopic (exact) mass is 1310 g/mol. The van der Waals surface area contributed by atoms with Gasteiger partial charge in [-0.2, -0.15) is 0 Å². The summed E-state index contributed by atoms with van der Waals surface area (Å²) in [6, 6.07) is 18.9. The number of nitrogens with one attached hydrogen (secondary N) is 9. The first-order valence-electron chi connectivity index (χ1n) is 31.3. The number of hydrogen-bond acceptors (Lipinski definition) is 18. The zero-order valence-electron chi connectivity index (χ0n) is 53.9. The Hall–Kier alpha value is -10.1. The SMILES string of the molecule is COc1ccc(NC(=O)C(CCCCN)NC(=O)c2cc(NC(=O)C(CCCCN)NC(=O)c3cc(NC(=O)C(CCCCN)NC(=O)c4cc(NC(=O)C(N)CCCCN)ccc4OC)ccc3OC)ccc2OC)cc1C(=O)NC(Cc1c[nH]c2ccccc12)C(=O)O. The van der Waals surface area contributed by atoms with Gasteiger partial charge in [0.25, 0.3) is 23.6 Å². The molecule has 510 valence electrons. The number of hydrogen-bond donors (Lipinski definition) is 15. The number of benzene rings is 5. The molecule has 0 fully saturated rings. The van der Waals surface area contributed by atoms with Gasteiger partial charge in [0.2, 0.25) is 23.6 Å². The Morgan fingerprint density at radius 3 is 1.06 bits per heavy atom. The highest BCUT2D eigenvalue weighted by Gasteiger charge is 2.30. The van der Waals surface area contributed by atoms with Gasteiger partial charge in [0, 0.05) is 46.3 Å². The third-order valence-corrected chi connectivity index (χ3v) is 15.6. The second kappa shape index (κ2) is 37.5. The van der Waals surface area contributed by atoms with Crippen LogP contribution in [-0.4, -0.2) is 148 Å². The van der Waals surface area contributed by atoms with E-state index in [1.165, 1.54) is 95.2 Å². The summed E-state index contributed by atoms with van der Waals surface area (Å²) in [6.45, 7) is 1.37. The van der Waals surface area contributed by atoms with Crippen LogP contribution in [0.25, 0.3) is 10.9 Å². The molecule has 95 heavy (non-hydrogen) atoms. The summed E-state index contributed by atoms with van der Waals surface area (Å²) in [5.41, 5.74) is 31.1. The summed E-state index contributed by atoms with van der Waals surface area (Å²) in [7, 11) is 5.38. The van der Waals surface area contributed by atoms with Crippen LogP contribution in [0.2, 0.25) is 0 Å². The molecule has 20 N–H and O–H groups in total. The number of H-pyrrole nitrogens is 1. The number of rotatable bonds is 39. The third kappa shape index (κ3) is 21.5. The van der Waals surface area contributed by atoms with Gasteiger partial charge in [-0.15, -0.1) is 0 Å². The number of aromatic nitrogens is 1. The molecule has 1 heterocycles. The molecule has 5 aromatic carbocycles. The van der Waals surface area contributed by atoms with E-state index in [2.05, 4.69) is 47.5 Å². The van der Waals surface area contributed by atoms with Gasteiger partial charge in [-0.1, -0.05) is 24.6 Å². The molecule has 8 amide bonds. The second-order valence-corrected chi connectivity index (χ2v) is 22.4. The van der Waals surface area contributed by atoms with Crippen LogP contribution < -0.4 is 90.2 Å². The van der Waals surface area contributed by atoms with E-state index < -0.39 is 83.4 Å². The number of fused-ring (bicyclic) bond motifs is 1. The summed E-state index contributed by atoms with van der Waals surface area (Å²) < 4.78 is 22.0. The first-order valence-corrected chi connectivity index (χ1v) is 31.3. The maximum absolute atomic E-state index is 14.4. The molecule has 0 bridgehead atoms. The lowest BCUT2D eigenvalue weighted by molar-refractivity contribution is -0.139. The van der Waals surface area contributed by atoms with E-state index in [-0.39, 0.29) is 100 Å². The molecule has 0 saturated heterocycles. The molecule has 28 heteroatoms. The number of carboxylic acids is 1. The standard InChI is InChI=1S/C67H88N14O14/c1-92-55-25-21-40(74-63(86)49(72)16-7-11-29-68)34-45(55)59(82)78-51(18-8-12-30-69)64(87)75-41-22-26-56(93-2)46(35-41)60(83)79-52(19-9-13-31-70)65(88)76-42-23-27-57(94-3)47(36-42)61(84)80-53(20-10-14-32-71)66(89)77-43-24-28-58(95-4)48(37-43)62(85)81-54(67(90)91)33-39-38-73-50-17-6-5-15-44(39)50/h5-6,15,17,21-28,34-38,49,51-54,73H,7-14,16,18-20,29-33,68-72H2,1-4H3,(H,74,86)(H,75,87)(H,76,88)(H,77,89)(H,78,82)(H,79,83)(H,80,84)(H,81,85)(H,90,91). The van der Waals surface area contributed by atoms with Crippen LogP contribution in [0.1, 0.15) is 124 Å². The van der Waals surface area contributed by atoms with Crippen molar-refractivity contribution >= 4 is 86.9 Å². The Morgan fingerprint density at radius 1 is 0.421 bits per heavy atom. The van der Waals surface area contributed by atoms with Crippen LogP contribution in [0.4, 0.5) is 22.7 Å². The van der Waals surface area contributed by atoms with Crippen LogP contribution in [0.5, 0.6) is 23.0 Å². The lowest BCUT2D eigenvalue weighted by Gasteiger charge is -2.22. The minimum Gasteiger partial charge on any atom is -0.496 e. The molecule has 0 aliphatic carbocycles. The van der Waals surface area contributed by atoms with Crippen LogP contribution >= 0.6 is 0 Å². The van der Waals surface area contributed by atoms with E-state index in [4.69, 9.17) is 47.6 Å². The van der Waals surface area contributed by atoms with E-state index in [9.17, 15) is 48.3 Å². The third-order valence-electron chi connectivity index (χ3n) is 15.6. The zero-order chi connectivity index (χ0) is 69.0. The van der Waals surface area contributed by atoms with Gasteiger partial charge in [0.1, 0.15) is 47.2 Å². The molecule has 5 atom stereocenters. The van der Waals surface area contributed by atoms with Crippen LogP contribution in [0.15, 0.2) is 103 Å². The lowest BCUT2D eigenvalue weighted by atomic mass is 10.0. The summed E-state index contributed by atoms with van der Waals surface area (Å²) in [4.78, 5) is 128. The highest BCUT2D eigenvalue weighted by molar-refractivity contribution is 6.08. The van der Waals surface area contributed by atoms with Crippen LogP contribution in [0, 0.1) is 0 Å². The van der Waals surface area contributed by atoms with E-state index in [1.807, 2.05) is 24.3 Å². The van der Waals surface area contributed by atoms with Crippen molar-refractivity contribution < 1.29 is 67.2 Å². The van der Waals surface area contributed by atoms with Crippen molar-refractivity contribution in [2.45, 2.75) is 114 Å².